The third kappa shape index (κ3) is 3.40. The van der Waals surface area contributed by atoms with Crippen LogP contribution < -0.4 is 4.74 Å². The number of thiazole rings is 1. The summed E-state index contributed by atoms with van der Waals surface area (Å²) in [6, 6.07) is 12.3. The smallest absolute Gasteiger partial charge is 0.295 e. The molecule has 0 bridgehead atoms. The number of halogens is 1. The van der Waals surface area contributed by atoms with Crippen molar-refractivity contribution < 1.29 is 19.3 Å². The Morgan fingerprint density at radius 2 is 1.90 bits per heavy atom. The summed E-state index contributed by atoms with van der Waals surface area (Å²) in [7, 11) is 0. The number of hydrogen-bond donors (Lipinski definition) is 2. The molecule has 0 amide bonds. The number of H-pyrrole nitrogens is 1. The summed E-state index contributed by atoms with van der Waals surface area (Å²) in [6.07, 6.45) is -1.57. The number of aliphatic hydroxyl groups is 1. The molecule has 31 heavy (non-hydrogen) atoms. The van der Waals surface area contributed by atoms with Gasteiger partial charge in [0.1, 0.15) is 18.3 Å². The second-order valence-corrected chi connectivity index (χ2v) is 8.79. The lowest BCUT2D eigenvalue weighted by Gasteiger charge is -2.15. The number of rotatable bonds is 4. The van der Waals surface area contributed by atoms with E-state index in [4.69, 9.17) is 25.8 Å². The number of nitrogens with one attached hydrogen (secondary N) is 1. The summed E-state index contributed by atoms with van der Waals surface area (Å²) >= 11 is 8.15. The fraction of sp³-hybridized carbons (Fsp3) is 0.273. The van der Waals surface area contributed by atoms with E-state index in [1.807, 2.05) is 47.3 Å². The van der Waals surface area contributed by atoms with Crippen molar-refractivity contribution in [2.45, 2.75) is 24.4 Å². The molecular formula is C22H18ClN3O4S. The number of aliphatic hydroxyl groups excluding tert-OH is 1. The van der Waals surface area contributed by atoms with Gasteiger partial charge >= 0.3 is 0 Å². The first-order valence-corrected chi connectivity index (χ1v) is 11.2. The van der Waals surface area contributed by atoms with E-state index in [1.54, 1.807) is 11.3 Å². The molecule has 0 spiro atoms. The fourth-order valence-corrected chi connectivity index (χ4v) is 4.98. The van der Waals surface area contributed by atoms with Crippen LogP contribution in [0.1, 0.15) is 0 Å². The molecule has 158 valence electrons. The minimum absolute atomic E-state index is 0.259. The predicted molar refractivity (Wildman–Crippen MR) is 118 cm³/mol. The molecule has 2 aliphatic heterocycles. The van der Waals surface area contributed by atoms with Crippen molar-refractivity contribution >= 4 is 34.0 Å². The van der Waals surface area contributed by atoms with Gasteiger partial charge in [-0.25, -0.2) is 4.98 Å². The molecule has 2 aromatic heterocycles. The van der Waals surface area contributed by atoms with Crippen molar-refractivity contribution in [3.8, 4) is 28.4 Å². The highest BCUT2D eigenvalue weighted by Gasteiger charge is 2.48. The van der Waals surface area contributed by atoms with Gasteiger partial charge in [-0.3, -0.25) is 0 Å². The van der Waals surface area contributed by atoms with Crippen LogP contribution >= 0.6 is 22.9 Å². The summed E-state index contributed by atoms with van der Waals surface area (Å²) < 4.78 is 17.2. The number of fused-ring (bicyclic) bond motifs is 2. The van der Waals surface area contributed by atoms with Crippen LogP contribution in [0.3, 0.4) is 0 Å². The first kappa shape index (κ1) is 19.2. The van der Waals surface area contributed by atoms with Crippen LogP contribution in [0, 0.1) is 0 Å². The Kier molecular flexibility index (Phi) is 4.70. The Morgan fingerprint density at radius 3 is 2.71 bits per heavy atom. The van der Waals surface area contributed by atoms with Gasteiger partial charge in [-0.15, -0.1) is 11.3 Å². The van der Waals surface area contributed by atoms with Gasteiger partial charge in [0.15, 0.2) is 6.10 Å². The van der Waals surface area contributed by atoms with E-state index in [0.717, 1.165) is 33.4 Å². The number of ether oxygens (including phenoxy) is 3. The SMILES string of the molecule is O[C@@H]1CO[C@H]2[C@@H]1OC[C@H]2Oc1nc2cc(-c3ccc(-c4cscn4)cc3)c(Cl)cc2[nH]1. The van der Waals surface area contributed by atoms with Crippen molar-refractivity contribution in [3.05, 3.63) is 52.3 Å². The first-order valence-electron chi connectivity index (χ1n) is 9.92. The van der Waals surface area contributed by atoms with Crippen LogP contribution in [-0.4, -0.2) is 57.7 Å². The lowest BCUT2D eigenvalue weighted by atomic mass is 10.0. The quantitative estimate of drug-likeness (QED) is 0.485. The molecule has 2 N–H and O–H groups in total. The van der Waals surface area contributed by atoms with E-state index in [0.29, 0.717) is 17.6 Å². The van der Waals surface area contributed by atoms with Crippen molar-refractivity contribution in [2.75, 3.05) is 13.2 Å². The Balaban J connectivity index is 1.27. The number of imidazole rings is 1. The van der Waals surface area contributed by atoms with Crippen molar-refractivity contribution in [3.63, 3.8) is 0 Å². The van der Waals surface area contributed by atoms with E-state index in [2.05, 4.69) is 15.0 Å². The topological polar surface area (TPSA) is 89.5 Å². The molecular weight excluding hydrogens is 438 g/mol. The molecule has 0 aliphatic carbocycles. The maximum absolute atomic E-state index is 9.89. The Labute approximate surface area is 186 Å². The lowest BCUT2D eigenvalue weighted by Crippen LogP contribution is -2.34. The Hall–Kier alpha value is -2.49. The first-order chi connectivity index (χ1) is 15.2. The average Bonchev–Trinajstić information content (AvgIpc) is 3.55. The van der Waals surface area contributed by atoms with Gasteiger partial charge in [-0.1, -0.05) is 35.9 Å². The van der Waals surface area contributed by atoms with Crippen molar-refractivity contribution in [1.29, 1.82) is 0 Å². The van der Waals surface area contributed by atoms with E-state index in [1.165, 1.54) is 0 Å². The van der Waals surface area contributed by atoms with Crippen LogP contribution in [0.15, 0.2) is 47.3 Å². The zero-order chi connectivity index (χ0) is 20.9. The molecule has 2 aliphatic rings. The van der Waals surface area contributed by atoms with Gasteiger partial charge in [0.05, 0.1) is 40.5 Å². The summed E-state index contributed by atoms with van der Waals surface area (Å²) in [4.78, 5) is 12.1. The third-order valence-corrected chi connectivity index (χ3v) is 6.62. The Morgan fingerprint density at radius 1 is 1.10 bits per heavy atom. The second kappa shape index (κ2) is 7.58. The summed E-state index contributed by atoms with van der Waals surface area (Å²) in [6.45, 7) is 0.607. The highest BCUT2D eigenvalue weighted by molar-refractivity contribution is 7.07. The number of aromatic nitrogens is 3. The highest BCUT2D eigenvalue weighted by atomic mass is 35.5. The summed E-state index contributed by atoms with van der Waals surface area (Å²) in [5.74, 6) is 0. The molecule has 2 saturated heterocycles. The van der Waals surface area contributed by atoms with Gasteiger partial charge < -0.3 is 24.3 Å². The normalized spacial score (nSPS) is 25.2. The van der Waals surface area contributed by atoms with Gasteiger partial charge in [0.25, 0.3) is 6.01 Å². The maximum atomic E-state index is 9.89. The molecule has 2 fully saturated rings. The molecule has 0 radical (unpaired) electrons. The molecule has 4 heterocycles. The van der Waals surface area contributed by atoms with Crippen LogP contribution in [-0.2, 0) is 9.47 Å². The number of benzene rings is 2. The van der Waals surface area contributed by atoms with Gasteiger partial charge in [0, 0.05) is 16.5 Å². The zero-order valence-corrected chi connectivity index (χ0v) is 17.8. The second-order valence-electron chi connectivity index (χ2n) is 7.66. The standard InChI is InChI=1S/C22H18ClN3O4S/c23-14-6-16-15(5-13(14)11-1-3-12(4-2-11)17-9-31-10-24-17)25-22(26-16)30-19-8-29-20-18(27)7-28-21(19)20/h1-6,9-10,18-21,27H,7-8H2,(H,25,26)/t18-,19-,20-,21-/m1/s1. The van der Waals surface area contributed by atoms with Gasteiger partial charge in [0.2, 0.25) is 0 Å². The van der Waals surface area contributed by atoms with E-state index >= 15 is 0 Å². The Bertz CT molecular complexity index is 1230. The number of nitrogens with zero attached hydrogens (tertiary/aromatic N) is 2. The largest absolute Gasteiger partial charge is 0.456 e. The molecule has 2 aromatic carbocycles. The summed E-state index contributed by atoms with van der Waals surface area (Å²) in [5, 5.41) is 12.5. The molecule has 7 nitrogen and oxygen atoms in total. The van der Waals surface area contributed by atoms with E-state index < -0.39 is 6.10 Å². The predicted octanol–water partition coefficient (Wildman–Crippen LogP) is 3.91. The van der Waals surface area contributed by atoms with Crippen LogP contribution in [0.2, 0.25) is 5.02 Å². The van der Waals surface area contributed by atoms with Gasteiger partial charge in [-0.05, 0) is 17.7 Å². The summed E-state index contributed by atoms with van der Waals surface area (Å²) in [5.41, 5.74) is 7.27. The van der Waals surface area contributed by atoms with Crippen molar-refractivity contribution in [1.82, 2.24) is 15.0 Å². The van der Waals surface area contributed by atoms with E-state index in [-0.39, 0.29) is 24.9 Å². The molecule has 4 atom stereocenters. The van der Waals surface area contributed by atoms with Crippen LogP contribution in [0.5, 0.6) is 6.01 Å². The number of hydrogen-bond acceptors (Lipinski definition) is 7. The highest BCUT2D eigenvalue weighted by Crippen LogP contribution is 2.34. The molecule has 6 rings (SSSR count). The van der Waals surface area contributed by atoms with Crippen molar-refractivity contribution in [2.24, 2.45) is 0 Å². The molecule has 4 aromatic rings. The van der Waals surface area contributed by atoms with Crippen LogP contribution in [0.25, 0.3) is 33.4 Å². The minimum atomic E-state index is -0.613. The van der Waals surface area contributed by atoms with E-state index in [9.17, 15) is 5.11 Å². The monoisotopic (exact) mass is 455 g/mol. The maximum Gasteiger partial charge on any atom is 0.295 e. The molecule has 9 heteroatoms. The number of aromatic amines is 1. The average molecular weight is 456 g/mol. The van der Waals surface area contributed by atoms with Gasteiger partial charge in [-0.2, -0.15) is 4.98 Å². The lowest BCUT2D eigenvalue weighted by molar-refractivity contribution is 0.00706. The third-order valence-electron chi connectivity index (χ3n) is 5.72. The van der Waals surface area contributed by atoms with Crippen LogP contribution in [0.4, 0.5) is 0 Å². The molecule has 0 unspecified atom stereocenters. The molecule has 0 saturated carbocycles. The fourth-order valence-electron chi connectivity index (χ4n) is 4.15. The minimum Gasteiger partial charge on any atom is -0.456 e. The zero-order valence-electron chi connectivity index (χ0n) is 16.2.